The van der Waals surface area contributed by atoms with E-state index in [1.165, 1.54) is 6.42 Å². The predicted molar refractivity (Wildman–Crippen MR) is 55.1 cm³/mol. The minimum atomic E-state index is 0.185. The summed E-state index contributed by atoms with van der Waals surface area (Å²) in [5, 5.41) is 0. The molecule has 1 aliphatic heterocycles. The van der Waals surface area contributed by atoms with Crippen LogP contribution < -0.4 is 0 Å². The van der Waals surface area contributed by atoms with Crippen LogP contribution in [0, 0.1) is 5.41 Å². The lowest BCUT2D eigenvalue weighted by atomic mass is 9.66. The van der Waals surface area contributed by atoms with E-state index < -0.39 is 0 Å². The van der Waals surface area contributed by atoms with Crippen LogP contribution in [0.1, 0.15) is 38.5 Å². The highest BCUT2D eigenvalue weighted by molar-refractivity contribution is 5.79. The van der Waals surface area contributed by atoms with Crippen molar-refractivity contribution in [2.75, 3.05) is 6.61 Å². The van der Waals surface area contributed by atoms with Crippen molar-refractivity contribution in [2.24, 2.45) is 5.41 Å². The van der Waals surface area contributed by atoms with E-state index >= 15 is 0 Å². The van der Waals surface area contributed by atoms with E-state index in [2.05, 4.69) is 6.58 Å². The van der Waals surface area contributed by atoms with E-state index in [0.29, 0.717) is 5.78 Å². The Labute approximate surface area is 85.3 Å². The smallest absolute Gasteiger partial charge is 0.132 e. The molecule has 1 atom stereocenters. The molecule has 1 saturated carbocycles. The van der Waals surface area contributed by atoms with Crippen molar-refractivity contribution in [3.05, 3.63) is 12.7 Å². The van der Waals surface area contributed by atoms with Gasteiger partial charge in [-0.2, -0.15) is 0 Å². The van der Waals surface area contributed by atoms with Crippen LogP contribution in [0.15, 0.2) is 12.7 Å². The van der Waals surface area contributed by atoms with E-state index in [4.69, 9.17) is 4.74 Å². The van der Waals surface area contributed by atoms with Gasteiger partial charge < -0.3 is 4.74 Å². The second kappa shape index (κ2) is 3.85. The summed E-state index contributed by atoms with van der Waals surface area (Å²) in [4.78, 5) is 11.2. The number of Topliss-reactive ketones (excluding diaryl/α,β-unsaturated/α-hetero) is 1. The van der Waals surface area contributed by atoms with Gasteiger partial charge in [0.1, 0.15) is 5.78 Å². The summed E-state index contributed by atoms with van der Waals surface area (Å²) in [5.41, 5.74) is 0.244. The number of carbonyl (C=O) groups is 1. The van der Waals surface area contributed by atoms with Crippen molar-refractivity contribution in [2.45, 2.75) is 44.6 Å². The molecule has 0 bridgehead atoms. The van der Waals surface area contributed by atoms with Gasteiger partial charge in [-0.3, -0.25) is 4.79 Å². The van der Waals surface area contributed by atoms with E-state index in [0.717, 1.165) is 38.7 Å². The van der Waals surface area contributed by atoms with Gasteiger partial charge in [0.05, 0.1) is 6.10 Å². The molecule has 1 saturated heterocycles. The van der Waals surface area contributed by atoms with Gasteiger partial charge in [-0.1, -0.05) is 6.08 Å². The van der Waals surface area contributed by atoms with Crippen LogP contribution >= 0.6 is 0 Å². The first-order chi connectivity index (χ1) is 6.77. The predicted octanol–water partition coefficient (Wildman–Crippen LogP) is 2.48. The molecule has 0 aromatic heterocycles. The van der Waals surface area contributed by atoms with Gasteiger partial charge in [-0.15, -0.1) is 6.58 Å². The van der Waals surface area contributed by atoms with Crippen LogP contribution in [0.25, 0.3) is 0 Å². The van der Waals surface area contributed by atoms with Gasteiger partial charge in [-0.05, 0) is 25.7 Å². The number of ketones is 1. The normalized spacial score (nSPS) is 31.7. The number of rotatable bonds is 1. The van der Waals surface area contributed by atoms with Crippen molar-refractivity contribution >= 4 is 5.78 Å². The third kappa shape index (κ3) is 1.63. The summed E-state index contributed by atoms with van der Waals surface area (Å²) >= 11 is 0. The van der Waals surface area contributed by atoms with Crippen LogP contribution in [-0.2, 0) is 9.53 Å². The minimum absolute atomic E-state index is 0.185. The lowest BCUT2D eigenvalue weighted by Gasteiger charge is -2.44. The van der Waals surface area contributed by atoms with Crippen molar-refractivity contribution in [3.8, 4) is 0 Å². The highest BCUT2D eigenvalue weighted by Crippen LogP contribution is 2.45. The summed E-state index contributed by atoms with van der Waals surface area (Å²) in [6, 6.07) is 0. The van der Waals surface area contributed by atoms with Crippen molar-refractivity contribution in [3.63, 3.8) is 0 Å². The van der Waals surface area contributed by atoms with E-state index in [-0.39, 0.29) is 11.5 Å². The average molecular weight is 194 g/mol. The first-order valence-corrected chi connectivity index (χ1v) is 5.53. The van der Waals surface area contributed by atoms with Crippen LogP contribution in [0.4, 0.5) is 0 Å². The number of hydrogen-bond acceptors (Lipinski definition) is 2. The van der Waals surface area contributed by atoms with Gasteiger partial charge in [0, 0.05) is 24.9 Å². The third-order valence-corrected chi connectivity index (χ3v) is 3.74. The summed E-state index contributed by atoms with van der Waals surface area (Å²) in [6.45, 7) is 4.70. The Bertz CT molecular complexity index is 235. The molecule has 2 aliphatic rings. The first-order valence-electron chi connectivity index (χ1n) is 5.53. The molecule has 1 aliphatic carbocycles. The van der Waals surface area contributed by atoms with Crippen LogP contribution in [-0.4, -0.2) is 18.5 Å². The average Bonchev–Trinajstić information content (AvgIpc) is 2.23. The van der Waals surface area contributed by atoms with Crippen LogP contribution in [0.3, 0.4) is 0 Å². The molecule has 2 fully saturated rings. The van der Waals surface area contributed by atoms with Gasteiger partial charge in [0.2, 0.25) is 0 Å². The monoisotopic (exact) mass is 194 g/mol. The number of carbonyl (C=O) groups excluding carboxylic acids is 1. The van der Waals surface area contributed by atoms with Crippen molar-refractivity contribution in [1.82, 2.24) is 0 Å². The molecule has 2 nitrogen and oxygen atoms in total. The Balaban J connectivity index is 2.11. The Morgan fingerprint density at radius 1 is 1.36 bits per heavy atom. The molecule has 2 rings (SSSR count). The molecule has 14 heavy (non-hydrogen) atoms. The lowest BCUT2D eigenvalue weighted by molar-refractivity contribution is -0.128. The molecule has 0 amide bonds. The summed E-state index contributed by atoms with van der Waals surface area (Å²) in [7, 11) is 0. The zero-order valence-electron chi connectivity index (χ0n) is 8.63. The van der Waals surface area contributed by atoms with Crippen LogP contribution in [0.2, 0.25) is 0 Å². The topological polar surface area (TPSA) is 26.3 Å². The van der Waals surface area contributed by atoms with E-state index in [1.54, 1.807) is 0 Å². The number of hydrogen-bond donors (Lipinski definition) is 0. The standard InChI is InChI=1S/C12H18O2/c1-2-11-12(6-3-9-14-11)7-4-10(13)5-8-12/h2,11H,1,3-9H2. The maximum Gasteiger partial charge on any atom is 0.132 e. The SMILES string of the molecule is C=CC1OCCCC12CCC(=O)CC2. The zero-order chi connectivity index (χ0) is 10.0. The fourth-order valence-corrected chi connectivity index (χ4v) is 2.83. The van der Waals surface area contributed by atoms with Crippen molar-refractivity contribution in [1.29, 1.82) is 0 Å². The summed E-state index contributed by atoms with van der Waals surface area (Å²) < 4.78 is 5.73. The fraction of sp³-hybridized carbons (Fsp3) is 0.750. The molecular formula is C12H18O2. The Kier molecular flexibility index (Phi) is 2.73. The molecule has 0 N–H and O–H groups in total. The second-order valence-corrected chi connectivity index (χ2v) is 4.53. The zero-order valence-corrected chi connectivity index (χ0v) is 8.63. The molecule has 1 heterocycles. The third-order valence-electron chi connectivity index (χ3n) is 3.74. The molecular weight excluding hydrogens is 176 g/mol. The molecule has 0 aromatic carbocycles. The van der Waals surface area contributed by atoms with Crippen molar-refractivity contribution < 1.29 is 9.53 Å². The fourth-order valence-electron chi connectivity index (χ4n) is 2.83. The van der Waals surface area contributed by atoms with Gasteiger partial charge in [0.25, 0.3) is 0 Å². The lowest BCUT2D eigenvalue weighted by Crippen LogP contribution is -2.42. The molecule has 1 spiro atoms. The maximum atomic E-state index is 11.2. The minimum Gasteiger partial charge on any atom is -0.374 e. The largest absolute Gasteiger partial charge is 0.374 e. The van der Waals surface area contributed by atoms with Crippen LogP contribution in [0.5, 0.6) is 0 Å². The Hall–Kier alpha value is -0.630. The Morgan fingerprint density at radius 2 is 2.07 bits per heavy atom. The van der Waals surface area contributed by atoms with E-state index in [9.17, 15) is 4.79 Å². The highest BCUT2D eigenvalue weighted by atomic mass is 16.5. The molecule has 1 unspecified atom stereocenters. The molecule has 78 valence electrons. The molecule has 0 aromatic rings. The van der Waals surface area contributed by atoms with E-state index in [1.807, 2.05) is 6.08 Å². The molecule has 0 radical (unpaired) electrons. The maximum absolute atomic E-state index is 11.2. The quantitative estimate of drug-likeness (QED) is 0.599. The number of ether oxygens (including phenoxy) is 1. The van der Waals surface area contributed by atoms with Gasteiger partial charge >= 0.3 is 0 Å². The summed E-state index contributed by atoms with van der Waals surface area (Å²) in [5.74, 6) is 0.420. The highest BCUT2D eigenvalue weighted by Gasteiger charge is 2.42. The Morgan fingerprint density at radius 3 is 2.71 bits per heavy atom. The second-order valence-electron chi connectivity index (χ2n) is 4.53. The molecule has 2 heteroatoms. The van der Waals surface area contributed by atoms with Gasteiger partial charge in [0.15, 0.2) is 0 Å². The van der Waals surface area contributed by atoms with Gasteiger partial charge in [-0.25, -0.2) is 0 Å². The summed E-state index contributed by atoms with van der Waals surface area (Å²) in [6.07, 6.45) is 7.95. The first kappa shape index (κ1) is 9.91.